The molecule has 2 aromatic heterocycles. The number of carbonyl (C=O) groups excluding carboxylic acids is 1. The van der Waals surface area contributed by atoms with Crippen LogP contribution in [0, 0.1) is 0 Å². The summed E-state index contributed by atoms with van der Waals surface area (Å²) in [6.07, 6.45) is 5.74. The van der Waals surface area contributed by atoms with Gasteiger partial charge in [-0.15, -0.1) is 11.3 Å². The van der Waals surface area contributed by atoms with Gasteiger partial charge in [-0.1, -0.05) is 13.3 Å². The zero-order valence-corrected chi connectivity index (χ0v) is 12.4. The number of H-pyrrole nitrogens is 1. The average Bonchev–Trinajstić information content (AvgIpc) is 2.97. The Bertz CT molecular complexity index is 598. The molecule has 0 bridgehead atoms. The van der Waals surface area contributed by atoms with Crippen LogP contribution in [0.25, 0.3) is 10.6 Å². The first-order chi connectivity index (χ1) is 9.76. The molecular weight excluding hydrogens is 270 g/mol. The molecule has 1 amide bonds. The number of nitrogens with one attached hydrogen (secondary N) is 2. The maximum atomic E-state index is 11.9. The van der Waals surface area contributed by atoms with Crippen LogP contribution >= 0.6 is 11.3 Å². The van der Waals surface area contributed by atoms with Gasteiger partial charge in [0.05, 0.1) is 10.6 Å². The first kappa shape index (κ1) is 13.4. The van der Waals surface area contributed by atoms with Crippen molar-refractivity contribution in [2.45, 2.75) is 45.1 Å². The molecule has 0 unspecified atom stereocenters. The summed E-state index contributed by atoms with van der Waals surface area (Å²) in [6, 6.07) is 6.48. The third-order valence-electron chi connectivity index (χ3n) is 3.43. The number of aromatic amines is 1. The minimum atomic E-state index is -0.0715. The Morgan fingerprint density at radius 2 is 2.35 bits per heavy atom. The standard InChI is InChI=1S/C15H19N3OS/c1-2-3-4-11-7-8-14(20-11)12-9-13(18-17-12)15(19)16-10-5-6-10/h7-10H,2-6H2,1H3,(H,16,19)(H,17,18). The second-order valence-electron chi connectivity index (χ2n) is 5.28. The molecule has 0 aliphatic heterocycles. The van der Waals surface area contributed by atoms with Gasteiger partial charge >= 0.3 is 0 Å². The lowest BCUT2D eigenvalue weighted by Crippen LogP contribution is -2.25. The number of hydrogen-bond acceptors (Lipinski definition) is 3. The van der Waals surface area contributed by atoms with Gasteiger partial charge in [0, 0.05) is 10.9 Å². The number of carbonyl (C=O) groups is 1. The van der Waals surface area contributed by atoms with Crippen molar-refractivity contribution in [1.82, 2.24) is 15.5 Å². The van der Waals surface area contributed by atoms with E-state index in [4.69, 9.17) is 0 Å². The van der Waals surface area contributed by atoms with E-state index < -0.39 is 0 Å². The molecule has 3 rings (SSSR count). The van der Waals surface area contributed by atoms with Gasteiger partial charge in [-0.05, 0) is 43.9 Å². The molecule has 1 fully saturated rings. The lowest BCUT2D eigenvalue weighted by Gasteiger charge is -1.97. The Hall–Kier alpha value is -1.62. The molecule has 0 radical (unpaired) electrons. The average molecular weight is 289 g/mol. The van der Waals surface area contributed by atoms with Gasteiger partial charge < -0.3 is 5.32 Å². The molecule has 0 aromatic carbocycles. The van der Waals surface area contributed by atoms with Crippen LogP contribution in [0.5, 0.6) is 0 Å². The summed E-state index contributed by atoms with van der Waals surface area (Å²) in [4.78, 5) is 14.4. The summed E-state index contributed by atoms with van der Waals surface area (Å²) in [5, 5.41) is 10.0. The second-order valence-corrected chi connectivity index (χ2v) is 6.45. The molecule has 1 aliphatic rings. The Labute approximate surface area is 122 Å². The summed E-state index contributed by atoms with van der Waals surface area (Å²) in [5.41, 5.74) is 1.41. The van der Waals surface area contributed by atoms with Gasteiger partial charge in [-0.2, -0.15) is 5.10 Å². The van der Waals surface area contributed by atoms with E-state index in [1.807, 2.05) is 6.07 Å². The normalized spacial score (nSPS) is 14.4. The SMILES string of the molecule is CCCCc1ccc(-c2cc(C(=O)NC3CC3)n[nH]2)s1. The molecule has 2 N–H and O–H groups in total. The maximum Gasteiger partial charge on any atom is 0.272 e. The topological polar surface area (TPSA) is 57.8 Å². The molecule has 0 saturated heterocycles. The van der Waals surface area contributed by atoms with E-state index >= 15 is 0 Å². The predicted molar refractivity (Wildman–Crippen MR) is 81.0 cm³/mol. The van der Waals surface area contributed by atoms with E-state index in [0.29, 0.717) is 11.7 Å². The van der Waals surface area contributed by atoms with Crippen molar-refractivity contribution in [2.24, 2.45) is 0 Å². The molecule has 4 nitrogen and oxygen atoms in total. The number of aromatic nitrogens is 2. The molecule has 106 valence electrons. The van der Waals surface area contributed by atoms with Crippen molar-refractivity contribution in [1.29, 1.82) is 0 Å². The van der Waals surface area contributed by atoms with Gasteiger partial charge in [0.15, 0.2) is 5.69 Å². The Morgan fingerprint density at radius 1 is 1.50 bits per heavy atom. The zero-order valence-electron chi connectivity index (χ0n) is 11.6. The minimum Gasteiger partial charge on any atom is -0.348 e. The summed E-state index contributed by atoms with van der Waals surface area (Å²) < 4.78 is 0. The first-order valence-electron chi connectivity index (χ1n) is 7.21. The highest BCUT2D eigenvalue weighted by Crippen LogP contribution is 2.28. The van der Waals surface area contributed by atoms with E-state index in [9.17, 15) is 4.79 Å². The van der Waals surface area contributed by atoms with Gasteiger partial charge in [0.25, 0.3) is 5.91 Å². The Morgan fingerprint density at radius 3 is 3.10 bits per heavy atom. The van der Waals surface area contributed by atoms with Gasteiger partial charge in [-0.3, -0.25) is 9.89 Å². The summed E-state index contributed by atoms with van der Waals surface area (Å²) >= 11 is 1.77. The lowest BCUT2D eigenvalue weighted by molar-refractivity contribution is 0.0946. The lowest BCUT2D eigenvalue weighted by atomic mass is 10.2. The van der Waals surface area contributed by atoms with Crippen molar-refractivity contribution in [3.63, 3.8) is 0 Å². The smallest absolute Gasteiger partial charge is 0.272 e. The molecule has 5 heteroatoms. The van der Waals surface area contributed by atoms with Gasteiger partial charge in [0.2, 0.25) is 0 Å². The highest BCUT2D eigenvalue weighted by molar-refractivity contribution is 7.15. The van der Waals surface area contributed by atoms with Crippen molar-refractivity contribution in [3.8, 4) is 10.6 Å². The van der Waals surface area contributed by atoms with E-state index in [0.717, 1.165) is 29.8 Å². The molecule has 0 atom stereocenters. The van der Waals surface area contributed by atoms with E-state index in [1.54, 1.807) is 11.3 Å². The summed E-state index contributed by atoms with van der Waals surface area (Å²) in [6.45, 7) is 2.20. The molecule has 1 saturated carbocycles. The van der Waals surface area contributed by atoms with E-state index in [1.165, 1.54) is 17.7 Å². The maximum absolute atomic E-state index is 11.9. The Balaban J connectivity index is 1.68. The van der Waals surface area contributed by atoms with Crippen molar-refractivity contribution in [3.05, 3.63) is 28.8 Å². The van der Waals surface area contributed by atoms with Crippen molar-refractivity contribution >= 4 is 17.2 Å². The highest BCUT2D eigenvalue weighted by Gasteiger charge is 2.24. The molecule has 0 spiro atoms. The molecule has 2 heterocycles. The number of nitrogens with zero attached hydrogens (tertiary/aromatic N) is 1. The fourth-order valence-corrected chi connectivity index (χ4v) is 3.07. The predicted octanol–water partition coefficient (Wildman–Crippen LogP) is 3.37. The van der Waals surface area contributed by atoms with Crippen LogP contribution in [-0.2, 0) is 6.42 Å². The third kappa shape index (κ3) is 3.10. The van der Waals surface area contributed by atoms with Crippen LogP contribution in [0.4, 0.5) is 0 Å². The highest BCUT2D eigenvalue weighted by atomic mass is 32.1. The molecule has 20 heavy (non-hydrogen) atoms. The van der Waals surface area contributed by atoms with E-state index in [2.05, 4.69) is 34.6 Å². The zero-order chi connectivity index (χ0) is 13.9. The second kappa shape index (κ2) is 5.79. The minimum absolute atomic E-state index is 0.0715. The number of rotatable bonds is 6. The number of hydrogen-bond donors (Lipinski definition) is 2. The molecular formula is C15H19N3OS. The first-order valence-corrected chi connectivity index (χ1v) is 8.03. The molecule has 1 aliphatic carbocycles. The quantitative estimate of drug-likeness (QED) is 0.856. The molecule has 2 aromatic rings. The largest absolute Gasteiger partial charge is 0.348 e. The van der Waals surface area contributed by atoms with Gasteiger partial charge in [-0.25, -0.2) is 0 Å². The van der Waals surface area contributed by atoms with Crippen LogP contribution in [-0.4, -0.2) is 22.1 Å². The van der Waals surface area contributed by atoms with Crippen LogP contribution in [0.1, 0.15) is 48.0 Å². The van der Waals surface area contributed by atoms with Gasteiger partial charge in [0.1, 0.15) is 0 Å². The van der Waals surface area contributed by atoms with Crippen LogP contribution in [0.15, 0.2) is 18.2 Å². The number of amides is 1. The van der Waals surface area contributed by atoms with Crippen LogP contribution in [0.2, 0.25) is 0 Å². The third-order valence-corrected chi connectivity index (χ3v) is 4.61. The van der Waals surface area contributed by atoms with Crippen LogP contribution < -0.4 is 5.32 Å². The fourth-order valence-electron chi connectivity index (χ4n) is 2.06. The fraction of sp³-hybridized carbons (Fsp3) is 0.467. The van der Waals surface area contributed by atoms with E-state index in [-0.39, 0.29) is 5.91 Å². The summed E-state index contributed by atoms with van der Waals surface area (Å²) in [5.74, 6) is -0.0715. The monoisotopic (exact) mass is 289 g/mol. The Kier molecular flexibility index (Phi) is 3.87. The number of aryl methyl sites for hydroxylation is 1. The van der Waals surface area contributed by atoms with Crippen LogP contribution in [0.3, 0.4) is 0 Å². The van der Waals surface area contributed by atoms with Crippen molar-refractivity contribution in [2.75, 3.05) is 0 Å². The summed E-state index contributed by atoms with van der Waals surface area (Å²) in [7, 11) is 0. The van der Waals surface area contributed by atoms with Crippen molar-refractivity contribution < 1.29 is 4.79 Å². The number of thiophene rings is 1. The number of unbranched alkanes of at least 4 members (excludes halogenated alkanes) is 1.